The zero-order valence-corrected chi connectivity index (χ0v) is 9.59. The summed E-state index contributed by atoms with van der Waals surface area (Å²) in [4.78, 5) is 5.22. The zero-order chi connectivity index (χ0) is 10.7. The molecule has 1 aromatic rings. The number of anilines is 2. The van der Waals surface area contributed by atoms with Gasteiger partial charge in [-0.15, -0.1) is 11.8 Å². The first kappa shape index (κ1) is 10.6. The number of pyridine rings is 1. The summed E-state index contributed by atoms with van der Waals surface area (Å²) < 4.78 is 0. The normalized spacial score (nSPS) is 17.9. The highest BCUT2D eigenvalue weighted by molar-refractivity contribution is 8.00. The summed E-state index contributed by atoms with van der Waals surface area (Å²) in [7, 11) is 0. The molecule has 0 spiro atoms. The van der Waals surface area contributed by atoms with Gasteiger partial charge in [-0.2, -0.15) is 0 Å². The van der Waals surface area contributed by atoms with Crippen LogP contribution < -0.4 is 11.5 Å². The molecule has 82 valence electrons. The second-order valence-electron chi connectivity index (χ2n) is 4.02. The first-order valence-electron chi connectivity index (χ1n) is 5.43. The lowest BCUT2D eigenvalue weighted by atomic mass is 10.0. The molecular formula is C11H17N3S. The van der Waals surface area contributed by atoms with Gasteiger partial charge in [0.25, 0.3) is 0 Å². The maximum Gasteiger partial charge on any atom is 0.146 e. The van der Waals surface area contributed by atoms with Gasteiger partial charge in [0, 0.05) is 16.3 Å². The molecule has 0 aromatic carbocycles. The largest absolute Gasteiger partial charge is 0.396 e. The fourth-order valence-electron chi connectivity index (χ4n) is 1.91. The maximum atomic E-state index is 5.72. The number of hydrogen-bond acceptors (Lipinski definition) is 4. The molecule has 1 fully saturated rings. The molecule has 1 aliphatic carbocycles. The van der Waals surface area contributed by atoms with Crippen LogP contribution >= 0.6 is 11.8 Å². The van der Waals surface area contributed by atoms with Crippen molar-refractivity contribution in [3.63, 3.8) is 0 Å². The van der Waals surface area contributed by atoms with E-state index in [1.807, 2.05) is 24.0 Å². The molecule has 15 heavy (non-hydrogen) atoms. The summed E-state index contributed by atoms with van der Waals surface area (Å²) in [6, 6.07) is 1.93. The summed E-state index contributed by atoms with van der Waals surface area (Å²) in [6.45, 7) is 0. The molecule has 1 heterocycles. The number of thioether (sulfide) groups is 1. The molecule has 0 bridgehead atoms. The quantitative estimate of drug-likeness (QED) is 0.809. The maximum absolute atomic E-state index is 5.72. The number of nitrogens with two attached hydrogens (primary N) is 2. The minimum atomic E-state index is 0.433. The molecular weight excluding hydrogens is 206 g/mol. The van der Waals surface area contributed by atoms with Gasteiger partial charge in [0.05, 0.1) is 5.69 Å². The van der Waals surface area contributed by atoms with E-state index in [0.717, 1.165) is 10.1 Å². The molecule has 0 aliphatic heterocycles. The van der Waals surface area contributed by atoms with Gasteiger partial charge in [-0.3, -0.25) is 0 Å². The Labute approximate surface area is 94.6 Å². The minimum absolute atomic E-state index is 0.433. The number of nitrogen functional groups attached to an aromatic ring is 2. The van der Waals surface area contributed by atoms with Crippen molar-refractivity contribution in [1.82, 2.24) is 4.98 Å². The molecule has 2 rings (SSSR count). The van der Waals surface area contributed by atoms with Gasteiger partial charge < -0.3 is 11.5 Å². The van der Waals surface area contributed by atoms with E-state index < -0.39 is 0 Å². The molecule has 1 aromatic heterocycles. The topological polar surface area (TPSA) is 64.9 Å². The van der Waals surface area contributed by atoms with Gasteiger partial charge in [-0.05, 0) is 18.9 Å². The summed E-state index contributed by atoms with van der Waals surface area (Å²) in [6.07, 6.45) is 8.55. The Morgan fingerprint density at radius 3 is 2.60 bits per heavy atom. The smallest absolute Gasteiger partial charge is 0.146 e. The fraction of sp³-hybridized carbons (Fsp3) is 0.545. The third-order valence-corrected chi connectivity index (χ3v) is 4.08. The van der Waals surface area contributed by atoms with Crippen LogP contribution in [0.5, 0.6) is 0 Å². The van der Waals surface area contributed by atoms with Crippen molar-refractivity contribution in [3.8, 4) is 0 Å². The van der Waals surface area contributed by atoms with Crippen molar-refractivity contribution in [2.75, 3.05) is 11.5 Å². The average Bonchev–Trinajstić information content (AvgIpc) is 2.25. The monoisotopic (exact) mass is 223 g/mol. The van der Waals surface area contributed by atoms with E-state index in [0.29, 0.717) is 11.5 Å². The second-order valence-corrected chi connectivity index (χ2v) is 5.40. The van der Waals surface area contributed by atoms with Gasteiger partial charge in [0.1, 0.15) is 5.82 Å². The standard InChI is InChI=1S/C11H17N3S/c12-10-6-9(7-14-11(10)13)15-8-4-2-1-3-5-8/h6-8H,1-5,12H2,(H2,13,14). The fourth-order valence-corrected chi connectivity index (χ4v) is 3.17. The summed E-state index contributed by atoms with van der Waals surface area (Å²) in [5, 5.41) is 0.739. The van der Waals surface area contributed by atoms with E-state index in [4.69, 9.17) is 11.5 Å². The van der Waals surface area contributed by atoms with Crippen LogP contribution in [-0.4, -0.2) is 10.2 Å². The van der Waals surface area contributed by atoms with E-state index in [1.165, 1.54) is 32.1 Å². The molecule has 3 nitrogen and oxygen atoms in total. The highest BCUT2D eigenvalue weighted by Gasteiger charge is 2.14. The molecule has 0 atom stereocenters. The Morgan fingerprint density at radius 2 is 1.93 bits per heavy atom. The highest BCUT2D eigenvalue weighted by Crippen LogP contribution is 2.34. The van der Waals surface area contributed by atoms with Crippen LogP contribution in [-0.2, 0) is 0 Å². The lowest BCUT2D eigenvalue weighted by Gasteiger charge is -2.20. The molecule has 0 unspecified atom stereocenters. The molecule has 1 aliphatic rings. The third-order valence-electron chi connectivity index (χ3n) is 2.78. The van der Waals surface area contributed by atoms with E-state index in [1.54, 1.807) is 0 Å². The summed E-state index contributed by atoms with van der Waals surface area (Å²) in [5.41, 5.74) is 11.9. The SMILES string of the molecule is Nc1cc(SC2CCCCC2)cnc1N. The predicted molar refractivity (Wildman–Crippen MR) is 65.8 cm³/mol. The molecule has 0 amide bonds. The second kappa shape index (κ2) is 4.75. The Morgan fingerprint density at radius 1 is 1.20 bits per heavy atom. The van der Waals surface area contributed by atoms with Gasteiger partial charge in [0.15, 0.2) is 0 Å². The van der Waals surface area contributed by atoms with Crippen LogP contribution in [0.3, 0.4) is 0 Å². The van der Waals surface area contributed by atoms with E-state index >= 15 is 0 Å². The Kier molecular flexibility index (Phi) is 3.36. The van der Waals surface area contributed by atoms with Crippen LogP contribution in [0.25, 0.3) is 0 Å². The van der Waals surface area contributed by atoms with Crippen molar-refractivity contribution in [2.45, 2.75) is 42.2 Å². The van der Waals surface area contributed by atoms with Gasteiger partial charge in [-0.25, -0.2) is 4.98 Å². The Balaban J connectivity index is 2.00. The van der Waals surface area contributed by atoms with Crippen LogP contribution in [0.1, 0.15) is 32.1 Å². The van der Waals surface area contributed by atoms with E-state index in [9.17, 15) is 0 Å². The van der Waals surface area contributed by atoms with Crippen LogP contribution in [0.2, 0.25) is 0 Å². The van der Waals surface area contributed by atoms with Gasteiger partial charge >= 0.3 is 0 Å². The van der Waals surface area contributed by atoms with E-state index in [-0.39, 0.29) is 0 Å². The van der Waals surface area contributed by atoms with Crippen molar-refractivity contribution < 1.29 is 0 Å². The first-order valence-corrected chi connectivity index (χ1v) is 6.31. The van der Waals surface area contributed by atoms with Crippen molar-refractivity contribution in [1.29, 1.82) is 0 Å². The van der Waals surface area contributed by atoms with Crippen molar-refractivity contribution in [2.24, 2.45) is 0 Å². The predicted octanol–water partition coefficient (Wildman–Crippen LogP) is 2.67. The van der Waals surface area contributed by atoms with Crippen LogP contribution in [0.15, 0.2) is 17.2 Å². The molecule has 4 heteroatoms. The number of nitrogens with zero attached hydrogens (tertiary/aromatic N) is 1. The molecule has 0 radical (unpaired) electrons. The number of rotatable bonds is 2. The van der Waals surface area contributed by atoms with Crippen LogP contribution in [0, 0.1) is 0 Å². The summed E-state index contributed by atoms with van der Waals surface area (Å²) in [5.74, 6) is 0.433. The molecule has 1 saturated carbocycles. The molecule has 4 N–H and O–H groups in total. The third kappa shape index (κ3) is 2.78. The summed E-state index contributed by atoms with van der Waals surface area (Å²) >= 11 is 1.89. The lowest BCUT2D eigenvalue weighted by Crippen LogP contribution is -2.08. The first-order chi connectivity index (χ1) is 7.25. The van der Waals surface area contributed by atoms with Crippen molar-refractivity contribution in [3.05, 3.63) is 12.3 Å². The highest BCUT2D eigenvalue weighted by atomic mass is 32.2. The van der Waals surface area contributed by atoms with E-state index in [2.05, 4.69) is 4.98 Å². The Hall–Kier alpha value is -0.900. The van der Waals surface area contributed by atoms with Gasteiger partial charge in [0.2, 0.25) is 0 Å². The lowest BCUT2D eigenvalue weighted by molar-refractivity contribution is 0.516. The van der Waals surface area contributed by atoms with Crippen LogP contribution in [0.4, 0.5) is 11.5 Å². The average molecular weight is 223 g/mol. The van der Waals surface area contributed by atoms with Crippen molar-refractivity contribution >= 4 is 23.3 Å². The molecule has 0 saturated heterocycles. The minimum Gasteiger partial charge on any atom is -0.396 e. The Bertz CT molecular complexity index is 335. The number of aromatic nitrogens is 1. The number of hydrogen-bond donors (Lipinski definition) is 2. The van der Waals surface area contributed by atoms with Gasteiger partial charge in [-0.1, -0.05) is 19.3 Å². The zero-order valence-electron chi connectivity index (χ0n) is 8.78.